The Morgan fingerprint density at radius 3 is 2.80 bits per heavy atom. The molecule has 0 spiro atoms. The van der Waals surface area contributed by atoms with Crippen LogP contribution in [-0.2, 0) is 19.2 Å². The smallest absolute Gasteiger partial charge is 0.315 e. The Kier molecular flexibility index (Phi) is 4.50. The van der Waals surface area contributed by atoms with E-state index in [1.807, 2.05) is 31.2 Å². The first-order valence-corrected chi connectivity index (χ1v) is 8.07. The lowest BCUT2D eigenvalue weighted by Gasteiger charge is -2.22. The van der Waals surface area contributed by atoms with Crippen LogP contribution in [0.4, 0.5) is 4.79 Å². The lowest BCUT2D eigenvalue weighted by Crippen LogP contribution is -2.43. The number of nitrogens with one attached hydrogen (secondary N) is 2. The monoisotopic (exact) mass is 342 g/mol. The van der Waals surface area contributed by atoms with E-state index >= 15 is 0 Å². The van der Waals surface area contributed by atoms with Gasteiger partial charge in [0.15, 0.2) is 0 Å². The zero-order chi connectivity index (χ0) is 18.0. The highest BCUT2D eigenvalue weighted by molar-refractivity contribution is 5.82. The van der Waals surface area contributed by atoms with Crippen LogP contribution < -0.4 is 10.6 Å². The molecule has 3 N–H and O–H groups in total. The number of hydrogen-bond donors (Lipinski definition) is 3. The van der Waals surface area contributed by atoms with Crippen molar-refractivity contribution < 1.29 is 14.3 Å². The summed E-state index contributed by atoms with van der Waals surface area (Å²) in [5.41, 5.74) is 1.26. The van der Waals surface area contributed by atoms with Crippen molar-refractivity contribution in [1.82, 2.24) is 20.4 Å². The predicted octanol–water partition coefficient (Wildman–Crippen LogP) is 2.18. The normalized spacial score (nSPS) is 13.6. The Balaban J connectivity index is 1.56. The van der Waals surface area contributed by atoms with Crippen LogP contribution in [-0.4, -0.2) is 27.5 Å². The second kappa shape index (κ2) is 6.60. The highest BCUT2D eigenvalue weighted by Gasteiger charge is 2.25. The van der Waals surface area contributed by atoms with Crippen LogP contribution >= 0.6 is 0 Å². The molecule has 25 heavy (non-hydrogen) atoms. The van der Waals surface area contributed by atoms with E-state index < -0.39 is 5.60 Å². The summed E-state index contributed by atoms with van der Waals surface area (Å²) < 4.78 is 7.37. The third-order valence-electron chi connectivity index (χ3n) is 4.27. The van der Waals surface area contributed by atoms with Crippen molar-refractivity contribution >= 4 is 17.0 Å². The molecule has 2 aromatic heterocycles. The average Bonchev–Trinajstić information content (AvgIpc) is 3.16. The molecule has 2 amide bonds. The molecular formula is C18H22N4O3. The van der Waals surface area contributed by atoms with Gasteiger partial charge in [-0.15, -0.1) is 0 Å². The number of amides is 2. The Labute approximate surface area is 145 Å². The number of benzene rings is 1. The number of hydrogen-bond acceptors (Lipinski definition) is 4. The molecule has 0 fully saturated rings. The average molecular weight is 342 g/mol. The van der Waals surface area contributed by atoms with E-state index in [0.29, 0.717) is 5.56 Å². The van der Waals surface area contributed by atoms with E-state index in [2.05, 4.69) is 15.7 Å². The van der Waals surface area contributed by atoms with Gasteiger partial charge in [-0.2, -0.15) is 5.10 Å². The predicted molar refractivity (Wildman–Crippen MR) is 94.0 cm³/mol. The molecule has 0 bridgehead atoms. The highest BCUT2D eigenvalue weighted by Crippen LogP contribution is 2.24. The van der Waals surface area contributed by atoms with Gasteiger partial charge in [0.1, 0.15) is 16.9 Å². The first-order chi connectivity index (χ1) is 11.9. The van der Waals surface area contributed by atoms with E-state index in [0.717, 1.165) is 22.3 Å². The van der Waals surface area contributed by atoms with Crippen molar-refractivity contribution in [2.24, 2.45) is 7.05 Å². The zero-order valence-electron chi connectivity index (χ0n) is 14.5. The molecule has 7 nitrogen and oxygen atoms in total. The molecule has 3 aromatic rings. The molecule has 1 atom stereocenters. The zero-order valence-corrected chi connectivity index (χ0v) is 14.5. The maximum absolute atomic E-state index is 12.0. The number of aliphatic hydroxyl groups is 1. The van der Waals surface area contributed by atoms with Crippen LogP contribution in [0.1, 0.15) is 23.8 Å². The maximum Gasteiger partial charge on any atom is 0.315 e. The van der Waals surface area contributed by atoms with Gasteiger partial charge in [-0.1, -0.05) is 18.2 Å². The van der Waals surface area contributed by atoms with Gasteiger partial charge >= 0.3 is 6.03 Å². The van der Waals surface area contributed by atoms with Crippen molar-refractivity contribution in [2.75, 3.05) is 6.54 Å². The Morgan fingerprint density at radius 2 is 2.12 bits per heavy atom. The molecule has 0 saturated carbocycles. The van der Waals surface area contributed by atoms with E-state index in [1.54, 1.807) is 31.0 Å². The number of carbonyl (C=O) groups is 1. The summed E-state index contributed by atoms with van der Waals surface area (Å²) >= 11 is 0. The number of aryl methyl sites for hydroxylation is 2. The number of urea groups is 1. The number of furan rings is 1. The molecule has 7 heteroatoms. The van der Waals surface area contributed by atoms with E-state index in [9.17, 15) is 9.90 Å². The summed E-state index contributed by atoms with van der Waals surface area (Å²) in [5.74, 6) is 0.718. The first-order valence-electron chi connectivity index (χ1n) is 8.07. The molecule has 2 heterocycles. The molecule has 0 saturated heterocycles. The van der Waals surface area contributed by atoms with Crippen LogP contribution in [0.2, 0.25) is 0 Å². The van der Waals surface area contributed by atoms with Gasteiger partial charge < -0.3 is 20.2 Å². The maximum atomic E-state index is 12.0. The number of aromatic nitrogens is 2. The van der Waals surface area contributed by atoms with Crippen molar-refractivity contribution in [3.05, 3.63) is 53.5 Å². The Morgan fingerprint density at radius 1 is 1.36 bits per heavy atom. The number of fused-ring (bicyclic) bond motifs is 1. The minimum absolute atomic E-state index is 0.0731. The topological polar surface area (TPSA) is 92.3 Å². The van der Waals surface area contributed by atoms with Crippen molar-refractivity contribution in [2.45, 2.75) is 26.0 Å². The van der Waals surface area contributed by atoms with Crippen LogP contribution in [0.25, 0.3) is 11.0 Å². The lowest BCUT2D eigenvalue weighted by atomic mass is 10.00. The van der Waals surface area contributed by atoms with Gasteiger partial charge in [0.25, 0.3) is 0 Å². The molecular weight excluding hydrogens is 320 g/mol. The molecule has 3 rings (SSSR count). The van der Waals surface area contributed by atoms with Crippen LogP contribution in [0.15, 0.2) is 41.1 Å². The quantitative estimate of drug-likeness (QED) is 0.663. The van der Waals surface area contributed by atoms with Crippen LogP contribution in [0.5, 0.6) is 0 Å². The molecule has 0 aliphatic carbocycles. The van der Waals surface area contributed by atoms with Gasteiger partial charge in [-0.3, -0.25) is 4.68 Å². The fourth-order valence-corrected chi connectivity index (χ4v) is 2.67. The first kappa shape index (κ1) is 17.0. The van der Waals surface area contributed by atoms with Crippen LogP contribution in [0, 0.1) is 6.92 Å². The van der Waals surface area contributed by atoms with Crippen molar-refractivity contribution in [3.63, 3.8) is 0 Å². The van der Waals surface area contributed by atoms with Crippen molar-refractivity contribution in [1.29, 1.82) is 0 Å². The third kappa shape index (κ3) is 3.66. The number of para-hydroxylation sites is 1. The Bertz CT molecular complexity index is 895. The Hall–Kier alpha value is -2.80. The fraction of sp³-hybridized carbons (Fsp3) is 0.333. The van der Waals surface area contributed by atoms with Crippen molar-refractivity contribution in [3.8, 4) is 0 Å². The summed E-state index contributed by atoms with van der Waals surface area (Å²) in [6.07, 6.45) is 3.30. The molecule has 0 unspecified atom stereocenters. The summed E-state index contributed by atoms with van der Waals surface area (Å²) in [4.78, 5) is 12.0. The third-order valence-corrected chi connectivity index (χ3v) is 4.27. The van der Waals surface area contributed by atoms with Gasteiger partial charge in [0.2, 0.25) is 0 Å². The molecule has 0 aliphatic heterocycles. The van der Waals surface area contributed by atoms with E-state index in [1.165, 1.54) is 0 Å². The van der Waals surface area contributed by atoms with E-state index in [-0.39, 0.29) is 19.1 Å². The molecule has 0 aliphatic rings. The summed E-state index contributed by atoms with van der Waals surface area (Å²) in [5, 5.41) is 21.0. The minimum atomic E-state index is -1.19. The second-order valence-corrected chi connectivity index (χ2v) is 6.36. The van der Waals surface area contributed by atoms with Gasteiger partial charge in [0, 0.05) is 29.8 Å². The summed E-state index contributed by atoms with van der Waals surface area (Å²) in [6.45, 7) is 3.95. The summed E-state index contributed by atoms with van der Waals surface area (Å²) in [7, 11) is 1.77. The van der Waals surface area contributed by atoms with Gasteiger partial charge in [0.05, 0.1) is 19.3 Å². The molecule has 132 valence electrons. The highest BCUT2D eigenvalue weighted by atomic mass is 16.3. The second-order valence-electron chi connectivity index (χ2n) is 6.36. The van der Waals surface area contributed by atoms with Gasteiger partial charge in [-0.05, 0) is 19.9 Å². The fourth-order valence-electron chi connectivity index (χ4n) is 2.67. The van der Waals surface area contributed by atoms with E-state index in [4.69, 9.17) is 4.42 Å². The molecule has 0 radical (unpaired) electrons. The SMILES string of the molecule is Cc1c(CNC(=O)NC[C@@](C)(O)c2cnn(C)c2)oc2ccccc12. The number of nitrogens with zero attached hydrogens (tertiary/aromatic N) is 2. The largest absolute Gasteiger partial charge is 0.459 e. The standard InChI is InChI=1S/C18H22N4O3/c1-12-14-6-4-5-7-15(14)25-16(12)9-19-17(23)20-11-18(2,24)13-8-21-22(3)10-13/h4-8,10,24H,9,11H2,1-3H3,(H2,19,20,23)/t18-/m1/s1. The number of rotatable bonds is 5. The van der Waals surface area contributed by atoms with Gasteiger partial charge in [-0.25, -0.2) is 4.79 Å². The van der Waals surface area contributed by atoms with Crippen LogP contribution in [0.3, 0.4) is 0 Å². The summed E-state index contributed by atoms with van der Waals surface area (Å²) in [6, 6.07) is 7.38. The lowest BCUT2D eigenvalue weighted by molar-refractivity contribution is 0.0593. The molecule has 1 aromatic carbocycles. The minimum Gasteiger partial charge on any atom is -0.459 e. The number of carbonyl (C=O) groups excluding carboxylic acids is 1.